The summed E-state index contributed by atoms with van der Waals surface area (Å²) in [5.41, 5.74) is 3.40. The molecule has 6 heteroatoms. The van der Waals surface area contributed by atoms with Gasteiger partial charge in [0.1, 0.15) is 5.69 Å². The number of fused-ring (bicyclic) bond motifs is 1. The van der Waals surface area contributed by atoms with Crippen LogP contribution in [0.4, 0.5) is 5.69 Å². The number of aromatic carboxylic acids is 1. The maximum atomic E-state index is 11.6. The minimum atomic E-state index is -1.05. The predicted octanol–water partition coefficient (Wildman–Crippen LogP) is 1.68. The van der Waals surface area contributed by atoms with E-state index < -0.39 is 5.97 Å². The first kappa shape index (κ1) is 12.4. The molecule has 0 radical (unpaired) electrons. The number of carbonyl (C=O) groups is 2. The summed E-state index contributed by atoms with van der Waals surface area (Å²) in [5, 5.41) is 15.4. The second-order valence-electron chi connectivity index (χ2n) is 4.74. The second-order valence-corrected chi connectivity index (χ2v) is 4.74. The van der Waals surface area contributed by atoms with Crippen molar-refractivity contribution in [3.63, 3.8) is 0 Å². The molecule has 0 aliphatic carbocycles. The Balaban J connectivity index is 2.01. The van der Waals surface area contributed by atoms with Gasteiger partial charge in [-0.3, -0.25) is 9.89 Å². The number of carbonyl (C=O) groups excluding carboxylic acids is 1. The van der Waals surface area contributed by atoms with Gasteiger partial charge in [0.25, 0.3) is 0 Å². The largest absolute Gasteiger partial charge is 0.477 e. The zero-order chi connectivity index (χ0) is 14.3. The molecule has 0 spiro atoms. The van der Waals surface area contributed by atoms with Gasteiger partial charge >= 0.3 is 5.97 Å². The number of aromatic amines is 1. The molecular formula is C14H13N3O3. The highest BCUT2D eigenvalue weighted by atomic mass is 16.4. The van der Waals surface area contributed by atoms with Crippen LogP contribution in [0.1, 0.15) is 23.0 Å². The van der Waals surface area contributed by atoms with Crippen molar-refractivity contribution in [2.75, 3.05) is 11.4 Å². The Bertz CT molecular complexity index is 705. The first-order valence-corrected chi connectivity index (χ1v) is 6.26. The van der Waals surface area contributed by atoms with Crippen LogP contribution in [0, 0.1) is 0 Å². The number of H-pyrrole nitrogens is 1. The van der Waals surface area contributed by atoms with E-state index in [1.807, 2.05) is 18.2 Å². The van der Waals surface area contributed by atoms with E-state index in [-0.39, 0.29) is 11.6 Å². The molecule has 1 aliphatic rings. The van der Waals surface area contributed by atoms with Gasteiger partial charge in [-0.05, 0) is 24.1 Å². The van der Waals surface area contributed by atoms with Crippen LogP contribution in [-0.2, 0) is 11.2 Å². The van der Waals surface area contributed by atoms with Gasteiger partial charge in [-0.25, -0.2) is 4.79 Å². The fourth-order valence-corrected chi connectivity index (χ4v) is 2.44. The zero-order valence-corrected chi connectivity index (χ0v) is 10.9. The molecular weight excluding hydrogens is 258 g/mol. The molecule has 0 saturated heterocycles. The summed E-state index contributed by atoms with van der Waals surface area (Å²) in [5.74, 6) is -1.04. The van der Waals surface area contributed by atoms with Gasteiger partial charge in [-0.15, -0.1) is 0 Å². The molecule has 2 heterocycles. The Kier molecular flexibility index (Phi) is 2.78. The number of hydrogen-bond donors (Lipinski definition) is 2. The average Bonchev–Trinajstić information content (AvgIpc) is 3.04. The lowest BCUT2D eigenvalue weighted by atomic mass is 10.1. The molecule has 0 atom stereocenters. The van der Waals surface area contributed by atoms with Gasteiger partial charge in [0, 0.05) is 24.7 Å². The maximum absolute atomic E-state index is 11.6. The number of carboxylic acids is 1. The molecule has 1 amide bonds. The molecule has 0 fully saturated rings. The summed E-state index contributed by atoms with van der Waals surface area (Å²) < 4.78 is 0. The lowest BCUT2D eigenvalue weighted by molar-refractivity contribution is -0.116. The summed E-state index contributed by atoms with van der Waals surface area (Å²) in [6, 6.07) is 7.22. The monoisotopic (exact) mass is 271 g/mol. The van der Waals surface area contributed by atoms with E-state index in [2.05, 4.69) is 10.2 Å². The van der Waals surface area contributed by atoms with Crippen molar-refractivity contribution in [1.82, 2.24) is 10.2 Å². The van der Waals surface area contributed by atoms with Crippen LogP contribution >= 0.6 is 0 Å². The third-order valence-electron chi connectivity index (χ3n) is 3.46. The molecule has 1 aromatic heterocycles. The smallest absolute Gasteiger partial charge is 0.353 e. The number of carboxylic acid groups (broad SMARTS) is 1. The molecule has 2 N–H and O–H groups in total. The summed E-state index contributed by atoms with van der Waals surface area (Å²) >= 11 is 0. The molecule has 3 rings (SSSR count). The van der Waals surface area contributed by atoms with Gasteiger partial charge in [0.2, 0.25) is 5.91 Å². The van der Waals surface area contributed by atoms with E-state index in [1.165, 1.54) is 6.07 Å². The SMILES string of the molecule is CC(=O)N1CCc2ccc(-c3cc(C(=O)O)[nH]n3)cc21. The van der Waals surface area contributed by atoms with E-state index in [0.29, 0.717) is 12.2 Å². The number of nitrogens with zero attached hydrogens (tertiary/aromatic N) is 2. The van der Waals surface area contributed by atoms with Crippen molar-refractivity contribution in [2.45, 2.75) is 13.3 Å². The normalized spacial score (nSPS) is 13.3. The van der Waals surface area contributed by atoms with Gasteiger partial charge < -0.3 is 10.0 Å². The number of rotatable bonds is 2. The fourth-order valence-electron chi connectivity index (χ4n) is 2.44. The molecule has 0 bridgehead atoms. The lowest BCUT2D eigenvalue weighted by Crippen LogP contribution is -2.25. The average molecular weight is 271 g/mol. The predicted molar refractivity (Wildman–Crippen MR) is 72.7 cm³/mol. The Morgan fingerprint density at radius 3 is 2.80 bits per heavy atom. The molecule has 1 aliphatic heterocycles. The number of benzene rings is 1. The van der Waals surface area contributed by atoms with Crippen LogP contribution in [0.5, 0.6) is 0 Å². The van der Waals surface area contributed by atoms with Crippen LogP contribution in [0.25, 0.3) is 11.3 Å². The number of anilines is 1. The van der Waals surface area contributed by atoms with Gasteiger partial charge in [0.05, 0.1) is 5.69 Å². The number of amides is 1. The highest BCUT2D eigenvalue weighted by molar-refractivity contribution is 5.94. The number of aromatic nitrogens is 2. The minimum Gasteiger partial charge on any atom is -0.477 e. The van der Waals surface area contributed by atoms with Crippen molar-refractivity contribution >= 4 is 17.6 Å². The van der Waals surface area contributed by atoms with Crippen LogP contribution in [0.15, 0.2) is 24.3 Å². The van der Waals surface area contributed by atoms with Crippen LogP contribution in [-0.4, -0.2) is 33.7 Å². The Labute approximate surface area is 115 Å². The van der Waals surface area contributed by atoms with E-state index >= 15 is 0 Å². The standard InChI is InChI=1S/C14H13N3O3/c1-8(18)17-5-4-9-2-3-10(6-13(9)17)11-7-12(14(19)20)16-15-11/h2-3,6-7H,4-5H2,1H3,(H,15,16)(H,19,20). The van der Waals surface area contributed by atoms with E-state index in [9.17, 15) is 9.59 Å². The van der Waals surface area contributed by atoms with Crippen molar-refractivity contribution in [3.8, 4) is 11.3 Å². The quantitative estimate of drug-likeness (QED) is 0.870. The van der Waals surface area contributed by atoms with E-state index in [1.54, 1.807) is 11.8 Å². The lowest BCUT2D eigenvalue weighted by Gasteiger charge is -2.15. The van der Waals surface area contributed by atoms with E-state index in [4.69, 9.17) is 5.11 Å². The molecule has 20 heavy (non-hydrogen) atoms. The van der Waals surface area contributed by atoms with Gasteiger partial charge in [-0.1, -0.05) is 12.1 Å². The minimum absolute atomic E-state index is 0.00847. The molecule has 2 aromatic rings. The van der Waals surface area contributed by atoms with Crippen molar-refractivity contribution in [2.24, 2.45) is 0 Å². The summed E-state index contributed by atoms with van der Waals surface area (Å²) in [4.78, 5) is 24.2. The zero-order valence-electron chi connectivity index (χ0n) is 10.9. The maximum Gasteiger partial charge on any atom is 0.353 e. The van der Waals surface area contributed by atoms with Crippen molar-refractivity contribution in [1.29, 1.82) is 0 Å². The molecule has 0 unspecified atom stereocenters. The third-order valence-corrected chi connectivity index (χ3v) is 3.46. The molecule has 0 saturated carbocycles. The number of hydrogen-bond acceptors (Lipinski definition) is 3. The fraction of sp³-hybridized carbons (Fsp3) is 0.214. The number of nitrogens with one attached hydrogen (secondary N) is 1. The topological polar surface area (TPSA) is 86.3 Å². The molecule has 6 nitrogen and oxygen atoms in total. The van der Waals surface area contributed by atoms with Crippen LogP contribution in [0.3, 0.4) is 0 Å². The summed E-state index contributed by atoms with van der Waals surface area (Å²) in [7, 11) is 0. The highest BCUT2D eigenvalue weighted by Gasteiger charge is 2.23. The van der Waals surface area contributed by atoms with Crippen molar-refractivity contribution in [3.05, 3.63) is 35.5 Å². The summed E-state index contributed by atoms with van der Waals surface area (Å²) in [6.45, 7) is 2.23. The molecule has 1 aromatic carbocycles. The summed E-state index contributed by atoms with van der Waals surface area (Å²) in [6.07, 6.45) is 0.843. The second kappa shape index (κ2) is 4.48. The van der Waals surface area contributed by atoms with E-state index in [0.717, 1.165) is 23.2 Å². The first-order valence-electron chi connectivity index (χ1n) is 6.26. The van der Waals surface area contributed by atoms with Gasteiger partial charge in [-0.2, -0.15) is 5.10 Å². The molecule has 102 valence electrons. The Hall–Kier alpha value is -2.63. The van der Waals surface area contributed by atoms with Gasteiger partial charge in [0.15, 0.2) is 0 Å². The van der Waals surface area contributed by atoms with Crippen molar-refractivity contribution < 1.29 is 14.7 Å². The van der Waals surface area contributed by atoms with Crippen LogP contribution in [0.2, 0.25) is 0 Å². The Morgan fingerprint density at radius 2 is 2.15 bits per heavy atom. The van der Waals surface area contributed by atoms with Crippen LogP contribution < -0.4 is 4.90 Å². The highest BCUT2D eigenvalue weighted by Crippen LogP contribution is 2.32. The first-order chi connectivity index (χ1) is 9.56. The Morgan fingerprint density at radius 1 is 1.35 bits per heavy atom. The third kappa shape index (κ3) is 1.95.